The molecule has 28 heavy (non-hydrogen) atoms. The van der Waals surface area contributed by atoms with Gasteiger partial charge in [0.05, 0.1) is 6.04 Å². The number of rotatable bonds is 4. The van der Waals surface area contributed by atoms with E-state index in [4.69, 9.17) is 23.2 Å². The quantitative estimate of drug-likeness (QED) is 0.424. The predicted molar refractivity (Wildman–Crippen MR) is 114 cm³/mol. The van der Waals surface area contributed by atoms with E-state index >= 15 is 0 Å². The van der Waals surface area contributed by atoms with Gasteiger partial charge in [-0.25, -0.2) is 4.98 Å². The average molecular weight is 410 g/mol. The highest BCUT2D eigenvalue weighted by molar-refractivity contribution is 6.35. The standard InChI is InChI=1S/C22H17Cl2N3O/c1-13-8-10-25-19(11-13)27-21(16-7-5-15(23)12-18(16)24)17-6-4-14-3-2-9-26-20(14)22(17)28/h2-12,21,28H,1H3,(H,25,27)/t21-/m0/s1. The first-order valence-electron chi connectivity index (χ1n) is 8.73. The maximum absolute atomic E-state index is 11.0. The molecule has 0 bridgehead atoms. The number of fused-ring (bicyclic) bond motifs is 1. The van der Waals surface area contributed by atoms with Crippen molar-refractivity contribution in [1.29, 1.82) is 0 Å². The molecule has 2 aromatic carbocycles. The Morgan fingerprint density at radius 2 is 1.75 bits per heavy atom. The summed E-state index contributed by atoms with van der Waals surface area (Å²) in [7, 11) is 0. The van der Waals surface area contributed by atoms with Gasteiger partial charge >= 0.3 is 0 Å². The van der Waals surface area contributed by atoms with Gasteiger partial charge in [0.2, 0.25) is 0 Å². The second kappa shape index (κ2) is 7.66. The van der Waals surface area contributed by atoms with Crippen molar-refractivity contribution < 1.29 is 5.11 Å². The minimum atomic E-state index is -0.439. The number of hydrogen-bond acceptors (Lipinski definition) is 4. The van der Waals surface area contributed by atoms with E-state index in [1.165, 1.54) is 0 Å². The van der Waals surface area contributed by atoms with E-state index in [1.807, 2.05) is 49.4 Å². The topological polar surface area (TPSA) is 58.0 Å². The van der Waals surface area contributed by atoms with Crippen LogP contribution in [0.15, 0.2) is 67.0 Å². The van der Waals surface area contributed by atoms with Gasteiger partial charge in [-0.1, -0.05) is 47.5 Å². The summed E-state index contributed by atoms with van der Waals surface area (Å²) in [5.41, 5.74) is 3.04. The lowest BCUT2D eigenvalue weighted by molar-refractivity contribution is 0.471. The van der Waals surface area contributed by atoms with Gasteiger partial charge in [-0.3, -0.25) is 4.98 Å². The van der Waals surface area contributed by atoms with Crippen LogP contribution in [0.3, 0.4) is 0 Å². The lowest BCUT2D eigenvalue weighted by Crippen LogP contribution is -2.14. The van der Waals surface area contributed by atoms with E-state index in [-0.39, 0.29) is 5.75 Å². The minimum Gasteiger partial charge on any atom is -0.505 e. The number of anilines is 1. The fourth-order valence-electron chi connectivity index (χ4n) is 3.20. The van der Waals surface area contributed by atoms with Crippen molar-refractivity contribution in [3.63, 3.8) is 0 Å². The summed E-state index contributed by atoms with van der Waals surface area (Å²) < 4.78 is 0. The summed E-state index contributed by atoms with van der Waals surface area (Å²) in [6.45, 7) is 1.99. The molecule has 0 unspecified atom stereocenters. The summed E-state index contributed by atoms with van der Waals surface area (Å²) >= 11 is 12.6. The molecule has 2 N–H and O–H groups in total. The number of halogens is 2. The molecular weight excluding hydrogens is 393 g/mol. The molecule has 0 spiro atoms. The number of hydrogen-bond donors (Lipinski definition) is 2. The van der Waals surface area contributed by atoms with Gasteiger partial charge in [-0.05, 0) is 48.4 Å². The third-order valence-corrected chi connectivity index (χ3v) is 5.13. The molecule has 2 aromatic heterocycles. The monoisotopic (exact) mass is 409 g/mol. The Morgan fingerprint density at radius 3 is 2.54 bits per heavy atom. The van der Waals surface area contributed by atoms with Crippen LogP contribution < -0.4 is 5.32 Å². The summed E-state index contributed by atoms with van der Waals surface area (Å²) in [5, 5.41) is 16.3. The Hall–Kier alpha value is -2.82. The molecule has 0 fully saturated rings. The van der Waals surface area contributed by atoms with Crippen LogP contribution in [0, 0.1) is 6.92 Å². The summed E-state index contributed by atoms with van der Waals surface area (Å²) in [6, 6.07) is 16.3. The number of aromatic nitrogens is 2. The van der Waals surface area contributed by atoms with Gasteiger partial charge in [0.25, 0.3) is 0 Å². The van der Waals surface area contributed by atoms with Crippen LogP contribution in [0.25, 0.3) is 10.9 Å². The van der Waals surface area contributed by atoms with Crippen LogP contribution in [0.4, 0.5) is 5.82 Å². The zero-order valence-electron chi connectivity index (χ0n) is 15.0. The average Bonchev–Trinajstić information content (AvgIpc) is 2.67. The van der Waals surface area contributed by atoms with Crippen LogP contribution in [-0.2, 0) is 0 Å². The van der Waals surface area contributed by atoms with E-state index in [9.17, 15) is 5.11 Å². The molecule has 0 aliphatic heterocycles. The number of nitrogens with one attached hydrogen (secondary N) is 1. The largest absolute Gasteiger partial charge is 0.505 e. The molecule has 0 saturated heterocycles. The predicted octanol–water partition coefficient (Wildman–Crippen LogP) is 6.15. The summed E-state index contributed by atoms with van der Waals surface area (Å²) in [5.74, 6) is 0.783. The number of aryl methyl sites for hydroxylation is 1. The molecular formula is C22H17Cl2N3O. The van der Waals surface area contributed by atoms with Crippen molar-refractivity contribution in [1.82, 2.24) is 9.97 Å². The zero-order valence-corrected chi connectivity index (χ0v) is 16.5. The van der Waals surface area contributed by atoms with Gasteiger partial charge in [0.15, 0.2) is 0 Å². The second-order valence-electron chi connectivity index (χ2n) is 6.54. The normalized spacial score (nSPS) is 12.1. The maximum atomic E-state index is 11.0. The van der Waals surface area contributed by atoms with Crippen molar-refractivity contribution in [2.45, 2.75) is 13.0 Å². The molecule has 0 saturated carbocycles. The summed E-state index contributed by atoms with van der Waals surface area (Å²) in [6.07, 6.45) is 3.39. The highest BCUT2D eigenvalue weighted by Crippen LogP contribution is 2.39. The van der Waals surface area contributed by atoms with Crippen molar-refractivity contribution in [3.8, 4) is 5.75 Å². The third-order valence-electron chi connectivity index (χ3n) is 4.57. The molecule has 140 valence electrons. The molecule has 1 atom stereocenters. The first-order valence-corrected chi connectivity index (χ1v) is 9.49. The fraction of sp³-hybridized carbons (Fsp3) is 0.0909. The lowest BCUT2D eigenvalue weighted by atomic mass is 9.96. The lowest BCUT2D eigenvalue weighted by Gasteiger charge is -2.23. The van der Waals surface area contributed by atoms with Gasteiger partial charge < -0.3 is 10.4 Å². The SMILES string of the molecule is Cc1ccnc(N[C@@H](c2ccc(Cl)cc2Cl)c2ccc3cccnc3c2O)c1. The number of pyridine rings is 2. The van der Waals surface area contributed by atoms with Crippen molar-refractivity contribution in [2.24, 2.45) is 0 Å². The Balaban J connectivity index is 1.88. The molecule has 0 aliphatic carbocycles. The first-order chi connectivity index (χ1) is 13.5. The highest BCUT2D eigenvalue weighted by Gasteiger charge is 2.22. The van der Waals surface area contributed by atoms with Gasteiger partial charge in [0, 0.05) is 33.4 Å². The van der Waals surface area contributed by atoms with E-state index < -0.39 is 6.04 Å². The van der Waals surface area contributed by atoms with E-state index in [1.54, 1.807) is 24.5 Å². The maximum Gasteiger partial charge on any atom is 0.147 e. The zero-order chi connectivity index (χ0) is 19.7. The smallest absolute Gasteiger partial charge is 0.147 e. The molecule has 2 heterocycles. The number of benzene rings is 2. The number of phenolic OH excluding ortho intramolecular Hbond substituents is 1. The van der Waals surface area contributed by atoms with Crippen LogP contribution in [0.5, 0.6) is 5.75 Å². The molecule has 6 heteroatoms. The van der Waals surface area contributed by atoms with Crippen LogP contribution >= 0.6 is 23.2 Å². The number of nitrogens with zero attached hydrogens (tertiary/aromatic N) is 2. The third kappa shape index (κ3) is 3.61. The molecule has 0 radical (unpaired) electrons. The second-order valence-corrected chi connectivity index (χ2v) is 7.38. The number of aromatic hydroxyl groups is 1. The van der Waals surface area contributed by atoms with Gasteiger partial charge in [-0.2, -0.15) is 0 Å². The Bertz CT molecular complexity index is 1160. The molecule has 4 aromatic rings. The Morgan fingerprint density at radius 1 is 0.929 bits per heavy atom. The van der Waals surface area contributed by atoms with Gasteiger partial charge in [0.1, 0.15) is 17.1 Å². The molecule has 0 amide bonds. The van der Waals surface area contributed by atoms with E-state index in [0.717, 1.165) is 16.5 Å². The van der Waals surface area contributed by atoms with E-state index in [2.05, 4.69) is 15.3 Å². The van der Waals surface area contributed by atoms with Crippen molar-refractivity contribution >= 4 is 39.9 Å². The first kappa shape index (κ1) is 18.5. The van der Waals surface area contributed by atoms with E-state index in [0.29, 0.717) is 26.9 Å². The highest BCUT2D eigenvalue weighted by atomic mass is 35.5. The number of phenols is 1. The molecule has 4 nitrogen and oxygen atoms in total. The minimum absolute atomic E-state index is 0.106. The summed E-state index contributed by atoms with van der Waals surface area (Å²) in [4.78, 5) is 8.72. The van der Waals surface area contributed by atoms with Crippen LogP contribution in [0.1, 0.15) is 22.7 Å². The van der Waals surface area contributed by atoms with Crippen LogP contribution in [-0.4, -0.2) is 15.1 Å². The Kier molecular flexibility index (Phi) is 5.07. The molecule has 0 aliphatic rings. The fourth-order valence-corrected chi connectivity index (χ4v) is 3.72. The van der Waals surface area contributed by atoms with Crippen LogP contribution in [0.2, 0.25) is 10.0 Å². The van der Waals surface area contributed by atoms with Crippen molar-refractivity contribution in [3.05, 3.63) is 93.7 Å². The Labute approximate surface area is 172 Å². The molecule has 4 rings (SSSR count). The van der Waals surface area contributed by atoms with Gasteiger partial charge in [-0.15, -0.1) is 0 Å². The van der Waals surface area contributed by atoms with Crippen molar-refractivity contribution in [2.75, 3.05) is 5.32 Å².